The van der Waals surface area contributed by atoms with Crippen LogP contribution < -0.4 is 10.2 Å². The Morgan fingerprint density at radius 2 is 1.88 bits per heavy atom. The molecule has 0 saturated carbocycles. The number of carbonyl (C=O) groups excluding carboxylic acids is 1. The molecule has 0 bridgehead atoms. The monoisotopic (exact) mass is 382 g/mol. The molecular weight excluding hydrogens is 350 g/mol. The first-order chi connectivity index (χ1) is 12.2. The molecule has 0 aliphatic carbocycles. The summed E-state index contributed by atoms with van der Waals surface area (Å²) >= 11 is 0. The third kappa shape index (κ3) is 5.28. The summed E-state index contributed by atoms with van der Waals surface area (Å²) in [6.07, 6.45) is 2.02. The molecule has 2 N–H and O–H groups in total. The number of rotatable bonds is 7. The lowest BCUT2D eigenvalue weighted by Gasteiger charge is -2.31. The molecule has 1 aliphatic heterocycles. The first-order valence-electron chi connectivity index (χ1n) is 9.44. The predicted octanol–water partition coefficient (Wildman–Crippen LogP) is 0.497. The van der Waals surface area contributed by atoms with Crippen molar-refractivity contribution in [3.05, 3.63) is 29.3 Å². The molecule has 26 heavy (non-hydrogen) atoms. The molecule has 1 aromatic carbocycles. The summed E-state index contributed by atoms with van der Waals surface area (Å²) < 4.78 is 27.2. The minimum Gasteiger partial charge on any atom is -0.349 e. The second-order valence-electron chi connectivity index (χ2n) is 7.33. The van der Waals surface area contributed by atoms with Crippen molar-refractivity contribution in [1.29, 1.82) is 0 Å². The van der Waals surface area contributed by atoms with E-state index in [4.69, 9.17) is 0 Å². The van der Waals surface area contributed by atoms with Gasteiger partial charge in [-0.1, -0.05) is 19.4 Å². The van der Waals surface area contributed by atoms with Gasteiger partial charge in [-0.15, -0.1) is 0 Å². The second-order valence-corrected chi connectivity index (χ2v) is 9.27. The highest BCUT2D eigenvalue weighted by atomic mass is 32.2. The molecule has 0 unspecified atom stereocenters. The number of sulfonamides is 1. The van der Waals surface area contributed by atoms with Gasteiger partial charge in [-0.05, 0) is 50.5 Å². The highest BCUT2D eigenvalue weighted by Gasteiger charge is 2.31. The average molecular weight is 383 g/mol. The first-order valence-corrected chi connectivity index (χ1v) is 10.9. The summed E-state index contributed by atoms with van der Waals surface area (Å²) in [4.78, 5) is 13.6. The highest BCUT2D eigenvalue weighted by molar-refractivity contribution is 7.89. The molecule has 1 saturated heterocycles. The van der Waals surface area contributed by atoms with Gasteiger partial charge in [-0.3, -0.25) is 4.79 Å². The van der Waals surface area contributed by atoms with Crippen LogP contribution in [-0.2, 0) is 14.8 Å². The van der Waals surface area contributed by atoms with E-state index in [0.29, 0.717) is 37.6 Å². The molecular formula is C19H32N3O3S+. The quantitative estimate of drug-likeness (QED) is 0.721. The van der Waals surface area contributed by atoms with Crippen molar-refractivity contribution in [1.82, 2.24) is 9.62 Å². The molecule has 0 radical (unpaired) electrons. The number of nitrogens with zero attached hydrogens (tertiary/aromatic N) is 1. The summed E-state index contributed by atoms with van der Waals surface area (Å²) in [7, 11) is -3.46. The van der Waals surface area contributed by atoms with Gasteiger partial charge in [0.2, 0.25) is 10.0 Å². The number of carbonyl (C=O) groups is 1. The summed E-state index contributed by atoms with van der Waals surface area (Å²) in [5.74, 6) is 0.0476. The molecule has 1 aromatic rings. The third-order valence-corrected chi connectivity index (χ3v) is 6.98. The van der Waals surface area contributed by atoms with Crippen molar-refractivity contribution >= 4 is 15.9 Å². The normalized spacial score (nSPS) is 17.8. The topological polar surface area (TPSA) is 70.9 Å². The van der Waals surface area contributed by atoms with E-state index in [1.807, 2.05) is 26.8 Å². The zero-order valence-corrected chi connectivity index (χ0v) is 17.2. The van der Waals surface area contributed by atoms with Gasteiger partial charge in [0, 0.05) is 6.04 Å². The number of amides is 1. The van der Waals surface area contributed by atoms with Crippen molar-refractivity contribution < 1.29 is 18.1 Å². The van der Waals surface area contributed by atoms with Crippen LogP contribution in [-0.4, -0.2) is 57.4 Å². The molecule has 1 atom stereocenters. The Balaban J connectivity index is 1.91. The van der Waals surface area contributed by atoms with E-state index in [-0.39, 0.29) is 11.9 Å². The summed E-state index contributed by atoms with van der Waals surface area (Å²) in [6, 6.07) is 5.47. The van der Waals surface area contributed by atoms with Crippen LogP contribution in [0, 0.1) is 13.8 Å². The van der Waals surface area contributed by atoms with Crippen molar-refractivity contribution in [3.8, 4) is 0 Å². The predicted molar refractivity (Wildman–Crippen MR) is 103 cm³/mol. The molecule has 6 nitrogen and oxygen atoms in total. The number of hydrogen-bond donors (Lipinski definition) is 2. The van der Waals surface area contributed by atoms with Crippen molar-refractivity contribution in [2.24, 2.45) is 0 Å². The molecule has 0 spiro atoms. The first kappa shape index (κ1) is 20.9. The van der Waals surface area contributed by atoms with Gasteiger partial charge in [0.25, 0.3) is 5.91 Å². The van der Waals surface area contributed by atoms with Crippen LogP contribution in [0.4, 0.5) is 0 Å². The number of piperazine rings is 1. The fourth-order valence-electron chi connectivity index (χ4n) is 3.30. The Morgan fingerprint density at radius 1 is 1.23 bits per heavy atom. The Hall–Kier alpha value is -1.44. The molecule has 1 amide bonds. The van der Waals surface area contributed by atoms with E-state index in [1.165, 1.54) is 4.31 Å². The van der Waals surface area contributed by atoms with Gasteiger partial charge < -0.3 is 10.2 Å². The zero-order valence-electron chi connectivity index (χ0n) is 16.3. The van der Waals surface area contributed by atoms with E-state index in [1.54, 1.807) is 12.1 Å². The Bertz CT molecular complexity index is 726. The standard InChI is InChI=1S/C19H31N3O3S/c1-5-6-17(4)20-19(23)14-21-9-11-22(12-10-21)26(24,25)18-8-7-15(2)16(3)13-18/h7-8,13,17H,5-6,9-12,14H2,1-4H3,(H,20,23)/p+1/t17-/m1/s1. The second kappa shape index (κ2) is 8.97. The van der Waals surface area contributed by atoms with E-state index < -0.39 is 10.0 Å². The van der Waals surface area contributed by atoms with Gasteiger partial charge >= 0.3 is 0 Å². The number of aryl methyl sites for hydroxylation is 2. The molecule has 146 valence electrons. The van der Waals surface area contributed by atoms with Crippen LogP contribution in [0.5, 0.6) is 0 Å². The maximum Gasteiger partial charge on any atom is 0.275 e. The number of benzene rings is 1. The smallest absolute Gasteiger partial charge is 0.275 e. The van der Waals surface area contributed by atoms with Gasteiger partial charge in [0.15, 0.2) is 6.54 Å². The summed E-state index contributed by atoms with van der Waals surface area (Å²) in [5, 5.41) is 3.02. The maximum absolute atomic E-state index is 12.8. The van der Waals surface area contributed by atoms with E-state index in [2.05, 4.69) is 12.2 Å². The zero-order chi connectivity index (χ0) is 19.3. The molecule has 2 rings (SSSR count). The fraction of sp³-hybridized carbons (Fsp3) is 0.632. The van der Waals surface area contributed by atoms with Gasteiger partial charge in [-0.25, -0.2) is 8.42 Å². The Morgan fingerprint density at radius 3 is 2.46 bits per heavy atom. The lowest BCUT2D eigenvalue weighted by Crippen LogP contribution is -3.15. The molecule has 7 heteroatoms. The Kier molecular flexibility index (Phi) is 7.20. The van der Waals surface area contributed by atoms with E-state index in [9.17, 15) is 13.2 Å². The largest absolute Gasteiger partial charge is 0.349 e. The third-order valence-electron chi connectivity index (χ3n) is 5.09. The van der Waals surface area contributed by atoms with E-state index >= 15 is 0 Å². The molecule has 1 heterocycles. The van der Waals surface area contributed by atoms with E-state index in [0.717, 1.165) is 28.9 Å². The lowest BCUT2D eigenvalue weighted by atomic mass is 10.1. The number of nitrogens with one attached hydrogen (secondary N) is 2. The molecule has 1 aliphatic rings. The fourth-order valence-corrected chi connectivity index (χ4v) is 4.83. The minimum atomic E-state index is -3.46. The molecule has 1 fully saturated rings. The summed E-state index contributed by atoms with van der Waals surface area (Å²) in [5.41, 5.74) is 2.06. The Labute approximate surface area is 157 Å². The lowest BCUT2D eigenvalue weighted by molar-refractivity contribution is -0.895. The van der Waals surface area contributed by atoms with Gasteiger partial charge in [0.05, 0.1) is 31.1 Å². The van der Waals surface area contributed by atoms with Gasteiger partial charge in [-0.2, -0.15) is 4.31 Å². The number of hydrogen-bond acceptors (Lipinski definition) is 3. The van der Waals surface area contributed by atoms with Crippen LogP contribution in [0.25, 0.3) is 0 Å². The van der Waals surface area contributed by atoms with Crippen LogP contribution >= 0.6 is 0 Å². The van der Waals surface area contributed by atoms with Crippen LogP contribution in [0.3, 0.4) is 0 Å². The maximum atomic E-state index is 12.8. The molecule has 0 aromatic heterocycles. The van der Waals surface area contributed by atoms with Crippen LogP contribution in [0.15, 0.2) is 23.1 Å². The number of quaternary nitrogens is 1. The van der Waals surface area contributed by atoms with Gasteiger partial charge in [0.1, 0.15) is 0 Å². The SMILES string of the molecule is CCC[C@@H](C)NC(=O)C[NH+]1CCN(S(=O)(=O)c2ccc(C)c(C)c2)CC1. The van der Waals surface area contributed by atoms with Crippen LogP contribution in [0.1, 0.15) is 37.8 Å². The van der Waals surface area contributed by atoms with Crippen molar-refractivity contribution in [3.63, 3.8) is 0 Å². The summed E-state index contributed by atoms with van der Waals surface area (Å²) in [6.45, 7) is 10.6. The van der Waals surface area contributed by atoms with Crippen molar-refractivity contribution in [2.75, 3.05) is 32.7 Å². The average Bonchev–Trinajstić information content (AvgIpc) is 2.57. The van der Waals surface area contributed by atoms with Crippen LogP contribution in [0.2, 0.25) is 0 Å². The minimum absolute atomic E-state index is 0.0476. The highest BCUT2D eigenvalue weighted by Crippen LogP contribution is 2.19. The van der Waals surface area contributed by atoms with Crippen molar-refractivity contribution in [2.45, 2.75) is 51.5 Å².